The lowest BCUT2D eigenvalue weighted by Crippen LogP contribution is -2.12. The van der Waals surface area contributed by atoms with Crippen molar-refractivity contribution in [2.45, 2.75) is 0 Å². The Kier molecular flexibility index (Phi) is 4.47. The number of benzene rings is 2. The van der Waals surface area contributed by atoms with Gasteiger partial charge in [-0.3, -0.25) is 9.59 Å². The first-order chi connectivity index (χ1) is 9.20. The fraction of sp³-hybridized carbons (Fsp3) is 0.0667. The van der Waals surface area contributed by atoms with Crippen LogP contribution in [0.1, 0.15) is 20.7 Å². The number of hydrogen-bond donors (Lipinski definition) is 0. The van der Waals surface area contributed by atoms with Gasteiger partial charge in [0.25, 0.3) is 0 Å². The zero-order chi connectivity index (χ0) is 13.7. The summed E-state index contributed by atoms with van der Waals surface area (Å²) in [6, 6.07) is 13.9. The Morgan fingerprint density at radius 3 is 2.68 bits per heavy atom. The summed E-state index contributed by atoms with van der Waals surface area (Å²) in [5.74, 6) is 0.383. The van der Waals surface area contributed by atoms with E-state index in [0.717, 1.165) is 10.8 Å². The second kappa shape index (κ2) is 6.29. The van der Waals surface area contributed by atoms with Crippen LogP contribution in [0.25, 0.3) is 0 Å². The van der Waals surface area contributed by atoms with Crippen molar-refractivity contribution in [1.29, 1.82) is 0 Å². The van der Waals surface area contributed by atoms with Crippen molar-refractivity contribution in [3.05, 3.63) is 64.1 Å². The van der Waals surface area contributed by atoms with E-state index in [0.29, 0.717) is 16.9 Å². The summed E-state index contributed by atoms with van der Waals surface area (Å²) in [4.78, 5) is 22.6. The average Bonchev–Trinajstić information content (AvgIpc) is 2.45. The highest BCUT2D eigenvalue weighted by Crippen LogP contribution is 2.17. The van der Waals surface area contributed by atoms with Crippen molar-refractivity contribution in [2.75, 3.05) is 6.61 Å². The highest BCUT2D eigenvalue weighted by molar-refractivity contribution is 9.10. The van der Waals surface area contributed by atoms with Crippen molar-refractivity contribution in [1.82, 2.24) is 0 Å². The van der Waals surface area contributed by atoms with Crippen LogP contribution in [0.3, 0.4) is 0 Å². The van der Waals surface area contributed by atoms with Crippen molar-refractivity contribution in [3.63, 3.8) is 0 Å². The van der Waals surface area contributed by atoms with Gasteiger partial charge in [0.15, 0.2) is 6.61 Å². The molecule has 0 aromatic heterocycles. The van der Waals surface area contributed by atoms with Crippen LogP contribution in [0, 0.1) is 0 Å². The number of rotatable bonds is 5. The Balaban J connectivity index is 2.04. The molecule has 0 N–H and O–H groups in total. The molecule has 0 radical (unpaired) electrons. The molecule has 2 aromatic carbocycles. The van der Waals surface area contributed by atoms with Gasteiger partial charge in [0.2, 0.25) is 5.78 Å². The Morgan fingerprint density at radius 1 is 1.16 bits per heavy atom. The number of ether oxygens (including phenoxy) is 1. The van der Waals surface area contributed by atoms with Gasteiger partial charge in [-0.25, -0.2) is 0 Å². The minimum atomic E-state index is -0.121. The lowest BCUT2D eigenvalue weighted by Gasteiger charge is -2.07. The lowest BCUT2D eigenvalue weighted by atomic mass is 10.1. The monoisotopic (exact) mass is 318 g/mol. The standard InChI is InChI=1S/C15H11BrO3/c16-14-7-2-1-6-13(14)15(18)10-19-12-5-3-4-11(8-12)9-17/h1-9H,10H2. The zero-order valence-corrected chi connectivity index (χ0v) is 11.6. The normalized spacial score (nSPS) is 9.95. The second-order valence-corrected chi connectivity index (χ2v) is 4.74. The summed E-state index contributed by atoms with van der Waals surface area (Å²) in [6.07, 6.45) is 0.739. The van der Waals surface area contributed by atoms with Crippen molar-refractivity contribution < 1.29 is 14.3 Å². The van der Waals surface area contributed by atoms with Crippen LogP contribution in [0.4, 0.5) is 0 Å². The maximum absolute atomic E-state index is 12.0. The smallest absolute Gasteiger partial charge is 0.201 e. The first-order valence-electron chi connectivity index (χ1n) is 5.66. The van der Waals surface area contributed by atoms with Gasteiger partial charge >= 0.3 is 0 Å². The molecule has 3 nitrogen and oxygen atoms in total. The van der Waals surface area contributed by atoms with E-state index in [9.17, 15) is 9.59 Å². The summed E-state index contributed by atoms with van der Waals surface area (Å²) in [5, 5.41) is 0. The quantitative estimate of drug-likeness (QED) is 0.625. The molecule has 2 rings (SSSR count). The Hall–Kier alpha value is -1.94. The summed E-state index contributed by atoms with van der Waals surface area (Å²) in [7, 11) is 0. The third-order valence-electron chi connectivity index (χ3n) is 2.54. The molecule has 4 heteroatoms. The molecule has 0 unspecified atom stereocenters. The molecule has 0 heterocycles. The fourth-order valence-electron chi connectivity index (χ4n) is 1.59. The average molecular weight is 319 g/mol. The predicted molar refractivity (Wildman–Crippen MR) is 75.8 cm³/mol. The minimum Gasteiger partial charge on any atom is -0.485 e. The van der Waals surface area contributed by atoms with Crippen LogP contribution in [0.5, 0.6) is 5.75 Å². The van der Waals surface area contributed by atoms with Crippen LogP contribution >= 0.6 is 15.9 Å². The minimum absolute atomic E-state index is 0.0646. The number of Topliss-reactive ketones (excluding diaryl/α,β-unsaturated/α-hetero) is 1. The van der Waals surface area contributed by atoms with Gasteiger partial charge in [0.05, 0.1) is 0 Å². The summed E-state index contributed by atoms with van der Waals surface area (Å²) in [6.45, 7) is -0.0646. The van der Waals surface area contributed by atoms with Crippen LogP contribution in [0.2, 0.25) is 0 Å². The lowest BCUT2D eigenvalue weighted by molar-refractivity contribution is 0.0920. The van der Waals surface area contributed by atoms with Crippen molar-refractivity contribution in [2.24, 2.45) is 0 Å². The molecule has 0 amide bonds. The van der Waals surface area contributed by atoms with Crippen LogP contribution in [0.15, 0.2) is 53.0 Å². The number of carbonyl (C=O) groups is 2. The van der Waals surface area contributed by atoms with E-state index in [4.69, 9.17) is 4.74 Å². The highest BCUT2D eigenvalue weighted by Gasteiger charge is 2.10. The van der Waals surface area contributed by atoms with E-state index < -0.39 is 0 Å². The molecule has 0 aliphatic heterocycles. The number of hydrogen-bond acceptors (Lipinski definition) is 3. The van der Waals surface area contributed by atoms with Gasteiger partial charge in [-0.05, 0) is 18.2 Å². The molecule has 0 spiro atoms. The fourth-order valence-corrected chi connectivity index (χ4v) is 2.10. The molecule has 0 aliphatic carbocycles. The van der Waals surface area contributed by atoms with Gasteiger partial charge < -0.3 is 4.74 Å². The van der Waals surface area contributed by atoms with E-state index >= 15 is 0 Å². The predicted octanol–water partition coefficient (Wildman–Crippen LogP) is 3.52. The summed E-state index contributed by atoms with van der Waals surface area (Å²) in [5.41, 5.74) is 1.10. The third-order valence-corrected chi connectivity index (χ3v) is 3.23. The van der Waals surface area contributed by atoms with E-state index in [1.165, 1.54) is 0 Å². The molecular formula is C15H11BrO3. The zero-order valence-electron chi connectivity index (χ0n) is 10.0. The molecule has 0 saturated carbocycles. The summed E-state index contributed by atoms with van der Waals surface area (Å²) >= 11 is 3.32. The number of halogens is 1. The maximum Gasteiger partial charge on any atom is 0.201 e. The van der Waals surface area contributed by atoms with Gasteiger partial charge in [0.1, 0.15) is 12.0 Å². The topological polar surface area (TPSA) is 43.4 Å². The third kappa shape index (κ3) is 3.51. The molecule has 96 valence electrons. The highest BCUT2D eigenvalue weighted by atomic mass is 79.9. The van der Waals surface area contributed by atoms with Crippen LogP contribution in [-0.2, 0) is 0 Å². The molecule has 0 bridgehead atoms. The SMILES string of the molecule is O=Cc1cccc(OCC(=O)c2ccccc2Br)c1. The summed E-state index contributed by atoms with van der Waals surface area (Å²) < 4.78 is 6.13. The first-order valence-corrected chi connectivity index (χ1v) is 6.46. The van der Waals surface area contributed by atoms with Gasteiger partial charge in [-0.15, -0.1) is 0 Å². The van der Waals surface area contributed by atoms with Gasteiger partial charge in [0, 0.05) is 15.6 Å². The van der Waals surface area contributed by atoms with Crippen molar-refractivity contribution >= 4 is 28.0 Å². The Bertz CT molecular complexity index is 608. The Morgan fingerprint density at radius 2 is 1.95 bits per heavy atom. The van der Waals surface area contributed by atoms with E-state index in [-0.39, 0.29) is 12.4 Å². The molecule has 0 aliphatic rings. The number of aldehydes is 1. The maximum atomic E-state index is 12.0. The molecule has 0 fully saturated rings. The largest absolute Gasteiger partial charge is 0.485 e. The number of carbonyl (C=O) groups excluding carboxylic acids is 2. The van der Waals surface area contributed by atoms with Crippen LogP contribution in [-0.4, -0.2) is 18.7 Å². The van der Waals surface area contributed by atoms with E-state index in [1.54, 1.807) is 42.5 Å². The van der Waals surface area contributed by atoms with E-state index in [1.807, 2.05) is 6.07 Å². The van der Waals surface area contributed by atoms with Gasteiger partial charge in [-0.2, -0.15) is 0 Å². The first kappa shape index (κ1) is 13.5. The molecule has 2 aromatic rings. The molecular weight excluding hydrogens is 308 g/mol. The molecule has 19 heavy (non-hydrogen) atoms. The Labute approximate surface area is 119 Å². The van der Waals surface area contributed by atoms with Gasteiger partial charge in [-0.1, -0.05) is 46.3 Å². The van der Waals surface area contributed by atoms with Crippen LogP contribution < -0.4 is 4.74 Å². The number of ketones is 1. The van der Waals surface area contributed by atoms with Crippen molar-refractivity contribution in [3.8, 4) is 5.75 Å². The second-order valence-electron chi connectivity index (χ2n) is 3.88. The molecule has 0 atom stereocenters. The molecule has 0 saturated heterocycles. The van der Waals surface area contributed by atoms with E-state index in [2.05, 4.69) is 15.9 Å².